The lowest BCUT2D eigenvalue weighted by molar-refractivity contribution is -0.0675. The second-order valence-electron chi connectivity index (χ2n) is 9.10. The van der Waals surface area contributed by atoms with E-state index in [0.717, 1.165) is 17.0 Å². The molecule has 2 aromatic carbocycles. The molecule has 154 valence electrons. The number of hydrogen-bond donors (Lipinski definition) is 0. The Morgan fingerprint density at radius 3 is 2.18 bits per heavy atom. The van der Waals surface area contributed by atoms with E-state index in [2.05, 4.69) is 78.8 Å². The van der Waals surface area contributed by atoms with E-state index >= 15 is 0 Å². The van der Waals surface area contributed by atoms with Gasteiger partial charge in [-0.15, -0.1) is 0 Å². The Labute approximate surface area is 176 Å². The lowest BCUT2D eigenvalue weighted by Gasteiger charge is -2.30. The van der Waals surface area contributed by atoms with E-state index in [9.17, 15) is 0 Å². The van der Waals surface area contributed by atoms with Crippen molar-refractivity contribution in [2.45, 2.75) is 78.1 Å². The van der Waals surface area contributed by atoms with Gasteiger partial charge in [-0.05, 0) is 69.9 Å². The van der Waals surface area contributed by atoms with Gasteiger partial charge in [0, 0.05) is 10.4 Å². The van der Waals surface area contributed by atoms with Gasteiger partial charge < -0.3 is 9.47 Å². The summed E-state index contributed by atoms with van der Waals surface area (Å²) in [6, 6.07) is 16.7. The van der Waals surface area contributed by atoms with Crippen molar-refractivity contribution < 1.29 is 9.47 Å². The Kier molecular flexibility index (Phi) is 7.73. The molecule has 2 rings (SSSR count). The van der Waals surface area contributed by atoms with Gasteiger partial charge in [-0.25, -0.2) is 0 Å². The average molecular weight is 403 g/mol. The predicted octanol–water partition coefficient (Wildman–Crippen LogP) is 6.93. The highest BCUT2D eigenvalue weighted by Gasteiger charge is 2.25. The third kappa shape index (κ3) is 6.62. The molecule has 1 unspecified atom stereocenters. The second kappa shape index (κ2) is 9.43. The van der Waals surface area contributed by atoms with Gasteiger partial charge >= 0.3 is 0 Å². The van der Waals surface area contributed by atoms with Gasteiger partial charge in [0.25, 0.3) is 0 Å². The molecule has 0 heterocycles. The summed E-state index contributed by atoms with van der Waals surface area (Å²) in [4.78, 5) is 0. The lowest BCUT2D eigenvalue weighted by atomic mass is 9.84. The molecular formula is C25H35ClO2. The zero-order valence-electron chi connectivity index (χ0n) is 18.4. The monoisotopic (exact) mass is 402 g/mol. The third-order valence-electron chi connectivity index (χ3n) is 5.02. The zero-order valence-corrected chi connectivity index (χ0v) is 19.1. The van der Waals surface area contributed by atoms with Gasteiger partial charge in [0.2, 0.25) is 0 Å². The van der Waals surface area contributed by atoms with Crippen LogP contribution in [0.15, 0.2) is 48.5 Å². The molecule has 0 radical (unpaired) electrons. The van der Waals surface area contributed by atoms with Crippen LogP contribution in [0.2, 0.25) is 5.02 Å². The molecule has 0 N–H and O–H groups in total. The molecule has 3 heteroatoms. The largest absolute Gasteiger partial charge is 0.378 e. The summed E-state index contributed by atoms with van der Waals surface area (Å²) in [5, 5.41) is 0.736. The molecule has 1 atom stereocenters. The topological polar surface area (TPSA) is 18.5 Å². The van der Waals surface area contributed by atoms with Crippen LogP contribution in [-0.2, 0) is 26.9 Å². The van der Waals surface area contributed by atoms with Crippen molar-refractivity contribution >= 4 is 11.6 Å². The maximum Gasteiger partial charge on any atom is 0.0879 e. The Balaban J connectivity index is 2.07. The highest BCUT2D eigenvalue weighted by Crippen LogP contribution is 2.30. The van der Waals surface area contributed by atoms with Crippen LogP contribution >= 0.6 is 11.6 Å². The number of hydrogen-bond acceptors (Lipinski definition) is 2. The van der Waals surface area contributed by atoms with Gasteiger partial charge in [-0.3, -0.25) is 0 Å². The van der Waals surface area contributed by atoms with Crippen molar-refractivity contribution in [3.8, 4) is 0 Å². The van der Waals surface area contributed by atoms with Crippen LogP contribution in [0.4, 0.5) is 0 Å². The van der Waals surface area contributed by atoms with Crippen molar-refractivity contribution in [2.24, 2.45) is 0 Å². The summed E-state index contributed by atoms with van der Waals surface area (Å²) in [5.74, 6) is 0. The Hall–Kier alpha value is -1.35. The van der Waals surface area contributed by atoms with Gasteiger partial charge in [-0.2, -0.15) is 0 Å². The highest BCUT2D eigenvalue weighted by molar-refractivity contribution is 6.30. The van der Waals surface area contributed by atoms with E-state index in [1.807, 2.05) is 18.2 Å². The second-order valence-corrected chi connectivity index (χ2v) is 9.53. The Morgan fingerprint density at radius 2 is 1.54 bits per heavy atom. The minimum absolute atomic E-state index is 0.0234. The molecule has 0 spiro atoms. The van der Waals surface area contributed by atoms with Gasteiger partial charge in [0.1, 0.15) is 0 Å². The van der Waals surface area contributed by atoms with Crippen LogP contribution in [0.3, 0.4) is 0 Å². The van der Waals surface area contributed by atoms with Crippen LogP contribution in [0.1, 0.15) is 65.2 Å². The Morgan fingerprint density at radius 1 is 0.893 bits per heavy atom. The summed E-state index contributed by atoms with van der Waals surface area (Å²) in [7, 11) is 0. The lowest BCUT2D eigenvalue weighted by Crippen LogP contribution is -2.28. The van der Waals surface area contributed by atoms with Crippen LogP contribution in [0.5, 0.6) is 0 Å². The first-order valence-electron chi connectivity index (χ1n) is 10.1. The molecule has 0 aliphatic rings. The van der Waals surface area contributed by atoms with E-state index in [-0.39, 0.29) is 17.6 Å². The number of benzene rings is 2. The van der Waals surface area contributed by atoms with Crippen LogP contribution in [-0.4, -0.2) is 18.8 Å². The quantitative estimate of drug-likeness (QED) is 0.452. The third-order valence-corrected chi connectivity index (χ3v) is 5.26. The molecule has 0 aliphatic carbocycles. The first-order valence-corrected chi connectivity index (χ1v) is 10.5. The summed E-state index contributed by atoms with van der Waals surface area (Å²) in [5.41, 5.74) is 3.25. The molecule has 0 amide bonds. The van der Waals surface area contributed by atoms with Gasteiger partial charge in [0.05, 0.1) is 24.4 Å². The minimum atomic E-state index is -0.397. The predicted molar refractivity (Wildman–Crippen MR) is 119 cm³/mol. The minimum Gasteiger partial charge on any atom is -0.378 e. The number of ether oxygens (including phenoxy) is 2. The average Bonchev–Trinajstić information content (AvgIpc) is 2.60. The van der Waals surface area contributed by atoms with Crippen molar-refractivity contribution in [1.29, 1.82) is 0 Å². The molecule has 0 saturated carbocycles. The van der Waals surface area contributed by atoms with Gasteiger partial charge in [-0.1, -0.05) is 61.8 Å². The molecule has 28 heavy (non-hydrogen) atoms. The number of halogens is 1. The van der Waals surface area contributed by atoms with Crippen LogP contribution in [0, 0.1) is 0 Å². The first kappa shape index (κ1) is 22.9. The molecule has 0 saturated heterocycles. The van der Waals surface area contributed by atoms with E-state index in [1.165, 1.54) is 11.1 Å². The fraction of sp³-hybridized carbons (Fsp3) is 0.520. The Bertz CT molecular complexity index is 765. The smallest absolute Gasteiger partial charge is 0.0879 e. The van der Waals surface area contributed by atoms with E-state index in [4.69, 9.17) is 21.1 Å². The molecule has 0 bridgehead atoms. The fourth-order valence-electron chi connectivity index (χ4n) is 3.39. The van der Waals surface area contributed by atoms with Crippen LogP contribution in [0.25, 0.3) is 0 Å². The van der Waals surface area contributed by atoms with Crippen molar-refractivity contribution in [3.05, 3.63) is 70.2 Å². The van der Waals surface area contributed by atoms with Crippen LogP contribution < -0.4 is 0 Å². The maximum absolute atomic E-state index is 6.40. The summed E-state index contributed by atoms with van der Waals surface area (Å²) in [6.45, 7) is 15.7. The summed E-state index contributed by atoms with van der Waals surface area (Å²) in [6.07, 6.45) is 1.18. The zero-order chi connectivity index (χ0) is 20.9. The molecule has 2 aromatic rings. The summed E-state index contributed by atoms with van der Waals surface area (Å²) >= 11 is 6.16. The maximum atomic E-state index is 6.40. The van der Waals surface area contributed by atoms with E-state index in [0.29, 0.717) is 6.61 Å². The standard InChI is InChI=1S/C25H35ClO2/c1-18(2)27-17-24(4,5)21-11-8-10-20(15-21)14-19(3)28-25(6,7)22-12-9-13-23(26)16-22/h8-13,15-16,18-19H,14,17H2,1-7H3. The van der Waals surface area contributed by atoms with Crippen molar-refractivity contribution in [3.63, 3.8) is 0 Å². The molecule has 2 nitrogen and oxygen atoms in total. The molecule has 0 aliphatic heterocycles. The van der Waals surface area contributed by atoms with E-state index < -0.39 is 5.60 Å². The van der Waals surface area contributed by atoms with Crippen molar-refractivity contribution in [1.82, 2.24) is 0 Å². The fourth-order valence-corrected chi connectivity index (χ4v) is 3.58. The number of rotatable bonds is 9. The SMILES string of the molecule is CC(C)OCC(C)(C)c1cccc(CC(C)OC(C)(C)c2cccc(Cl)c2)c1. The normalized spacial score (nSPS) is 13.8. The molecule has 0 aromatic heterocycles. The first-order chi connectivity index (χ1) is 13.0. The van der Waals surface area contributed by atoms with Crippen molar-refractivity contribution in [2.75, 3.05) is 6.61 Å². The summed E-state index contributed by atoms with van der Waals surface area (Å²) < 4.78 is 12.3. The molecule has 0 fully saturated rings. The van der Waals surface area contributed by atoms with Gasteiger partial charge in [0.15, 0.2) is 0 Å². The van der Waals surface area contributed by atoms with E-state index in [1.54, 1.807) is 0 Å². The highest BCUT2D eigenvalue weighted by atomic mass is 35.5. The molecular weight excluding hydrogens is 368 g/mol.